The van der Waals surface area contributed by atoms with Gasteiger partial charge in [-0.3, -0.25) is 9.59 Å². The van der Waals surface area contributed by atoms with Gasteiger partial charge in [0.25, 0.3) is 5.91 Å². The second-order valence-corrected chi connectivity index (χ2v) is 6.94. The molecule has 0 unspecified atom stereocenters. The van der Waals surface area contributed by atoms with Crippen molar-refractivity contribution in [1.29, 1.82) is 0 Å². The van der Waals surface area contributed by atoms with Gasteiger partial charge in [-0.1, -0.05) is 0 Å². The van der Waals surface area contributed by atoms with Crippen LogP contribution in [0.25, 0.3) is 0 Å². The number of nitrogens with zero attached hydrogens (tertiary/aromatic N) is 2. The van der Waals surface area contributed by atoms with Crippen LogP contribution in [0.1, 0.15) is 10.4 Å². The Morgan fingerprint density at radius 1 is 0.844 bits per heavy atom. The van der Waals surface area contributed by atoms with Gasteiger partial charge in [-0.2, -0.15) is 0 Å². The molecule has 172 valence electrons. The SMILES string of the molecule is O=C(N[C@@H](CO)C(=O)N1CCN(c2ccc(F)cc2)CC1)c1c(F)c(F)c(F)c(F)c1F. The highest BCUT2D eigenvalue weighted by atomic mass is 19.2. The van der Waals surface area contributed by atoms with Crippen LogP contribution < -0.4 is 10.2 Å². The summed E-state index contributed by atoms with van der Waals surface area (Å²) in [5.74, 6) is -14.7. The van der Waals surface area contributed by atoms with Crippen molar-refractivity contribution in [2.24, 2.45) is 0 Å². The Bertz CT molecular complexity index is 997. The van der Waals surface area contributed by atoms with Crippen LogP contribution in [0.3, 0.4) is 0 Å². The van der Waals surface area contributed by atoms with Crippen LogP contribution in [0.5, 0.6) is 0 Å². The number of carbonyl (C=O) groups is 2. The highest BCUT2D eigenvalue weighted by Crippen LogP contribution is 2.23. The molecule has 0 spiro atoms. The fourth-order valence-corrected chi connectivity index (χ4v) is 3.28. The number of hydrogen-bond acceptors (Lipinski definition) is 4. The summed E-state index contributed by atoms with van der Waals surface area (Å²) in [5.41, 5.74) is -1.04. The maximum absolute atomic E-state index is 13.8. The Balaban J connectivity index is 1.68. The lowest BCUT2D eigenvalue weighted by Gasteiger charge is -2.37. The highest BCUT2D eigenvalue weighted by Gasteiger charge is 2.33. The normalized spacial score (nSPS) is 15.0. The van der Waals surface area contributed by atoms with Crippen molar-refractivity contribution in [3.05, 3.63) is 64.7 Å². The van der Waals surface area contributed by atoms with E-state index in [1.165, 1.54) is 17.0 Å². The first-order valence-corrected chi connectivity index (χ1v) is 9.38. The van der Waals surface area contributed by atoms with Gasteiger partial charge in [0.1, 0.15) is 17.4 Å². The number of amides is 2. The molecule has 1 aliphatic rings. The van der Waals surface area contributed by atoms with E-state index in [-0.39, 0.29) is 13.1 Å². The van der Waals surface area contributed by atoms with E-state index in [9.17, 15) is 41.0 Å². The summed E-state index contributed by atoms with van der Waals surface area (Å²) in [5, 5.41) is 11.3. The molecule has 2 amide bonds. The topological polar surface area (TPSA) is 72.9 Å². The minimum absolute atomic E-state index is 0.144. The van der Waals surface area contributed by atoms with Crippen LogP contribution in [0.15, 0.2) is 24.3 Å². The molecule has 2 aromatic carbocycles. The standard InChI is InChI=1S/C20H17F6N3O3/c21-10-1-3-11(4-2-10)28-5-7-29(8-6-28)20(32)12(9-30)27-19(31)13-14(22)16(24)18(26)17(25)15(13)23/h1-4,12,30H,5-9H2,(H,27,31)/t12-/m0/s1. The van der Waals surface area contributed by atoms with Crippen molar-refractivity contribution in [1.82, 2.24) is 10.2 Å². The van der Waals surface area contributed by atoms with Crippen LogP contribution in [-0.4, -0.2) is 60.6 Å². The van der Waals surface area contributed by atoms with Crippen LogP contribution >= 0.6 is 0 Å². The monoisotopic (exact) mass is 461 g/mol. The lowest BCUT2D eigenvalue weighted by atomic mass is 10.1. The number of nitrogens with one attached hydrogen (secondary N) is 1. The van der Waals surface area contributed by atoms with E-state index in [1.54, 1.807) is 12.1 Å². The van der Waals surface area contributed by atoms with Crippen molar-refractivity contribution < 1.29 is 41.0 Å². The molecule has 0 bridgehead atoms. The third kappa shape index (κ3) is 4.49. The lowest BCUT2D eigenvalue weighted by Crippen LogP contribution is -2.56. The number of benzene rings is 2. The zero-order chi connectivity index (χ0) is 23.6. The molecule has 0 saturated carbocycles. The molecule has 0 aliphatic carbocycles. The second-order valence-electron chi connectivity index (χ2n) is 6.94. The van der Waals surface area contributed by atoms with E-state index in [2.05, 4.69) is 0 Å². The smallest absolute Gasteiger partial charge is 0.258 e. The molecule has 1 heterocycles. The number of hydrogen-bond donors (Lipinski definition) is 2. The van der Waals surface area contributed by atoms with E-state index >= 15 is 0 Å². The lowest BCUT2D eigenvalue weighted by molar-refractivity contribution is -0.134. The zero-order valence-corrected chi connectivity index (χ0v) is 16.3. The molecule has 0 aromatic heterocycles. The first-order chi connectivity index (χ1) is 15.1. The molecule has 0 radical (unpaired) electrons. The molecule has 1 aliphatic heterocycles. The molecule has 2 aromatic rings. The highest BCUT2D eigenvalue weighted by molar-refractivity contribution is 5.98. The number of carbonyl (C=O) groups excluding carboxylic acids is 2. The van der Waals surface area contributed by atoms with E-state index in [0.29, 0.717) is 13.1 Å². The molecule has 3 rings (SSSR count). The molecule has 1 atom stereocenters. The van der Waals surface area contributed by atoms with E-state index in [1.807, 2.05) is 10.2 Å². The Kier molecular flexibility index (Phi) is 6.92. The first-order valence-electron chi connectivity index (χ1n) is 9.38. The summed E-state index contributed by atoms with van der Waals surface area (Å²) in [6, 6.07) is 4.02. The number of rotatable bonds is 5. The predicted octanol–water partition coefficient (Wildman–Crippen LogP) is 1.96. The van der Waals surface area contributed by atoms with Crippen molar-refractivity contribution in [3.63, 3.8) is 0 Å². The number of aliphatic hydroxyl groups excluding tert-OH is 1. The zero-order valence-electron chi connectivity index (χ0n) is 16.3. The van der Waals surface area contributed by atoms with Gasteiger partial charge in [-0.05, 0) is 24.3 Å². The van der Waals surface area contributed by atoms with Crippen molar-refractivity contribution in [2.45, 2.75) is 6.04 Å². The number of anilines is 1. The molecular weight excluding hydrogens is 444 g/mol. The average molecular weight is 461 g/mol. The minimum atomic E-state index is -2.43. The fraction of sp³-hybridized carbons (Fsp3) is 0.300. The summed E-state index contributed by atoms with van der Waals surface area (Å²) in [6.07, 6.45) is 0. The van der Waals surface area contributed by atoms with Gasteiger partial charge in [-0.25, -0.2) is 26.3 Å². The molecular formula is C20H17F6N3O3. The quantitative estimate of drug-likeness (QED) is 0.406. The molecule has 32 heavy (non-hydrogen) atoms. The molecule has 1 saturated heterocycles. The van der Waals surface area contributed by atoms with Gasteiger partial charge in [-0.15, -0.1) is 0 Å². The van der Waals surface area contributed by atoms with E-state index < -0.39 is 64.9 Å². The number of halogens is 6. The summed E-state index contributed by atoms with van der Waals surface area (Å²) in [6.45, 7) is -0.0173. The Labute approximate surface area is 178 Å². The first kappa shape index (κ1) is 23.4. The Morgan fingerprint density at radius 2 is 1.34 bits per heavy atom. The molecule has 1 fully saturated rings. The number of aliphatic hydroxyl groups is 1. The molecule has 6 nitrogen and oxygen atoms in total. The average Bonchev–Trinajstić information content (AvgIpc) is 2.80. The third-order valence-electron chi connectivity index (χ3n) is 5.01. The fourth-order valence-electron chi connectivity index (χ4n) is 3.28. The summed E-state index contributed by atoms with van der Waals surface area (Å²) < 4.78 is 80.5. The summed E-state index contributed by atoms with van der Waals surface area (Å²) in [7, 11) is 0. The second kappa shape index (κ2) is 9.47. The van der Waals surface area contributed by atoms with Crippen molar-refractivity contribution in [2.75, 3.05) is 37.7 Å². The van der Waals surface area contributed by atoms with Gasteiger partial charge in [0.2, 0.25) is 11.7 Å². The van der Waals surface area contributed by atoms with Crippen LogP contribution in [0, 0.1) is 34.9 Å². The maximum Gasteiger partial charge on any atom is 0.258 e. The third-order valence-corrected chi connectivity index (χ3v) is 5.01. The van der Waals surface area contributed by atoms with Gasteiger partial charge in [0.05, 0.1) is 6.61 Å². The number of piperazine rings is 1. The van der Waals surface area contributed by atoms with E-state index in [4.69, 9.17) is 0 Å². The maximum atomic E-state index is 13.8. The van der Waals surface area contributed by atoms with Gasteiger partial charge in [0.15, 0.2) is 23.3 Å². The van der Waals surface area contributed by atoms with Crippen molar-refractivity contribution in [3.8, 4) is 0 Å². The largest absolute Gasteiger partial charge is 0.394 e. The van der Waals surface area contributed by atoms with E-state index in [0.717, 1.165) is 5.69 Å². The van der Waals surface area contributed by atoms with Crippen LogP contribution in [0.4, 0.5) is 32.0 Å². The van der Waals surface area contributed by atoms with Gasteiger partial charge < -0.3 is 20.2 Å². The van der Waals surface area contributed by atoms with Crippen LogP contribution in [0.2, 0.25) is 0 Å². The summed E-state index contributed by atoms with van der Waals surface area (Å²) >= 11 is 0. The summed E-state index contributed by atoms with van der Waals surface area (Å²) in [4.78, 5) is 27.9. The van der Waals surface area contributed by atoms with Gasteiger partial charge >= 0.3 is 0 Å². The molecule has 12 heteroatoms. The Hall–Kier alpha value is -3.28. The predicted molar refractivity (Wildman–Crippen MR) is 99.8 cm³/mol. The van der Waals surface area contributed by atoms with Crippen molar-refractivity contribution >= 4 is 17.5 Å². The van der Waals surface area contributed by atoms with Crippen LogP contribution in [-0.2, 0) is 4.79 Å². The van der Waals surface area contributed by atoms with Gasteiger partial charge in [0, 0.05) is 31.9 Å². The minimum Gasteiger partial charge on any atom is -0.394 e. The molecule has 2 N–H and O–H groups in total. The Morgan fingerprint density at radius 3 is 1.84 bits per heavy atom.